The number of benzene rings is 2. The van der Waals surface area contributed by atoms with Crippen LogP contribution >= 0.6 is 0 Å². The highest BCUT2D eigenvalue weighted by atomic mass is 16.6. The van der Waals surface area contributed by atoms with Gasteiger partial charge in [0.2, 0.25) is 0 Å². The van der Waals surface area contributed by atoms with E-state index in [1.807, 2.05) is 0 Å². The number of hydrogen-bond donors (Lipinski definition) is 0. The zero-order valence-electron chi connectivity index (χ0n) is 11.7. The second kappa shape index (κ2) is 7.03. The number of allylic oxidation sites excluding steroid dienone is 1. The number of hydrogen-bond acceptors (Lipinski definition) is 5. The average Bonchev–Trinajstić information content (AvgIpc) is 2.54. The lowest BCUT2D eigenvalue weighted by Gasteiger charge is -1.98. The number of nitro groups is 1. The quantitative estimate of drug-likeness (QED) is 0.344. The van der Waals surface area contributed by atoms with Crippen molar-refractivity contribution in [2.24, 2.45) is 10.2 Å². The van der Waals surface area contributed by atoms with Crippen molar-refractivity contribution < 1.29 is 9.72 Å². The number of carbonyl (C=O) groups is 1. The van der Waals surface area contributed by atoms with Gasteiger partial charge >= 0.3 is 0 Å². The minimum absolute atomic E-state index is 0.00943. The van der Waals surface area contributed by atoms with Gasteiger partial charge in [-0.3, -0.25) is 14.9 Å². The van der Waals surface area contributed by atoms with Crippen molar-refractivity contribution in [1.82, 2.24) is 0 Å². The Balaban J connectivity index is 2.05. The van der Waals surface area contributed by atoms with E-state index in [2.05, 4.69) is 16.8 Å². The predicted molar refractivity (Wildman–Crippen MR) is 82.6 cm³/mol. The molecule has 110 valence electrons. The summed E-state index contributed by atoms with van der Waals surface area (Å²) in [5.74, 6) is -0.0414. The van der Waals surface area contributed by atoms with Crippen LogP contribution in [0.2, 0.25) is 0 Å². The summed E-state index contributed by atoms with van der Waals surface area (Å²) in [7, 11) is 0. The van der Waals surface area contributed by atoms with Gasteiger partial charge < -0.3 is 0 Å². The third-order valence-electron chi connectivity index (χ3n) is 2.88. The molecule has 0 aliphatic rings. The molecular weight excluding hydrogens is 282 g/mol. The van der Waals surface area contributed by atoms with E-state index in [0.29, 0.717) is 17.8 Å². The molecule has 0 fully saturated rings. The molecule has 0 bridgehead atoms. The summed E-state index contributed by atoms with van der Waals surface area (Å²) < 4.78 is 0. The third-order valence-corrected chi connectivity index (χ3v) is 2.88. The molecule has 0 aliphatic carbocycles. The van der Waals surface area contributed by atoms with E-state index in [4.69, 9.17) is 0 Å². The van der Waals surface area contributed by atoms with Crippen molar-refractivity contribution in [2.75, 3.05) is 0 Å². The molecule has 0 radical (unpaired) electrons. The predicted octanol–water partition coefficient (Wildman–Crippen LogP) is 4.31. The minimum Gasteiger partial charge on any atom is -0.295 e. The fourth-order valence-electron chi connectivity index (χ4n) is 1.71. The molecule has 0 atom stereocenters. The van der Waals surface area contributed by atoms with Gasteiger partial charge in [-0.1, -0.05) is 18.7 Å². The molecule has 2 rings (SSSR count). The molecule has 0 aromatic heterocycles. The van der Waals surface area contributed by atoms with Crippen molar-refractivity contribution in [2.45, 2.75) is 6.42 Å². The van der Waals surface area contributed by atoms with Gasteiger partial charge in [0.15, 0.2) is 5.78 Å². The van der Waals surface area contributed by atoms with Gasteiger partial charge in [-0.25, -0.2) is 0 Å². The molecule has 0 unspecified atom stereocenters. The second-order valence-corrected chi connectivity index (χ2v) is 4.49. The first-order valence-corrected chi connectivity index (χ1v) is 6.49. The van der Waals surface area contributed by atoms with Crippen LogP contribution in [0.1, 0.15) is 5.56 Å². The van der Waals surface area contributed by atoms with E-state index >= 15 is 0 Å². The summed E-state index contributed by atoms with van der Waals surface area (Å²) in [6.07, 6.45) is 1.60. The number of non-ortho nitro benzene ring substituents is 1. The van der Waals surface area contributed by atoms with Gasteiger partial charge in [-0.2, -0.15) is 10.2 Å². The fraction of sp³-hybridized carbons (Fsp3) is 0.0625. The molecular formula is C16H13N3O3. The Morgan fingerprint density at radius 2 is 1.55 bits per heavy atom. The number of nitrogens with zero attached hydrogens (tertiary/aromatic N) is 3. The first kappa shape index (κ1) is 15.2. The van der Waals surface area contributed by atoms with Crippen molar-refractivity contribution in [3.8, 4) is 0 Å². The lowest BCUT2D eigenvalue weighted by Crippen LogP contribution is -1.96. The third kappa shape index (κ3) is 4.17. The summed E-state index contributed by atoms with van der Waals surface area (Å²) in [6.45, 7) is 3.43. The summed E-state index contributed by atoms with van der Waals surface area (Å²) in [5, 5.41) is 18.6. The van der Waals surface area contributed by atoms with Crippen LogP contribution < -0.4 is 0 Å². The van der Waals surface area contributed by atoms with Crippen LogP contribution in [-0.4, -0.2) is 10.7 Å². The largest absolute Gasteiger partial charge is 0.295 e. The van der Waals surface area contributed by atoms with Crippen molar-refractivity contribution >= 4 is 22.8 Å². The lowest BCUT2D eigenvalue weighted by molar-refractivity contribution is -0.384. The van der Waals surface area contributed by atoms with Crippen LogP contribution in [-0.2, 0) is 11.2 Å². The molecule has 2 aromatic carbocycles. The summed E-state index contributed by atoms with van der Waals surface area (Å²) in [5.41, 5.74) is 2.04. The first-order valence-electron chi connectivity index (χ1n) is 6.49. The van der Waals surface area contributed by atoms with Gasteiger partial charge in [0.05, 0.1) is 16.3 Å². The molecule has 0 spiro atoms. The van der Waals surface area contributed by atoms with Gasteiger partial charge in [-0.05, 0) is 35.9 Å². The highest BCUT2D eigenvalue weighted by Crippen LogP contribution is 2.21. The Bertz CT molecular complexity index is 719. The van der Waals surface area contributed by atoms with Crippen LogP contribution in [0, 0.1) is 10.1 Å². The number of carbonyl (C=O) groups excluding carboxylic acids is 1. The van der Waals surface area contributed by atoms with Crippen molar-refractivity contribution in [3.63, 3.8) is 0 Å². The SMILES string of the molecule is C=CC(=O)Cc1ccc(N=Nc2ccc([N+](=O)[O-])cc2)cc1. The molecule has 6 heteroatoms. The molecule has 0 saturated heterocycles. The maximum Gasteiger partial charge on any atom is 0.269 e. The Labute approximate surface area is 127 Å². The zero-order valence-corrected chi connectivity index (χ0v) is 11.7. The Morgan fingerprint density at radius 3 is 2.00 bits per heavy atom. The lowest BCUT2D eigenvalue weighted by atomic mass is 10.1. The maximum absolute atomic E-state index is 11.2. The zero-order chi connectivity index (χ0) is 15.9. The molecule has 0 amide bonds. The Morgan fingerprint density at radius 1 is 1.05 bits per heavy atom. The molecule has 0 heterocycles. The highest BCUT2D eigenvalue weighted by Gasteiger charge is 2.03. The van der Waals surface area contributed by atoms with E-state index in [9.17, 15) is 14.9 Å². The van der Waals surface area contributed by atoms with Gasteiger partial charge in [0, 0.05) is 18.6 Å². The summed E-state index contributed by atoms with van der Waals surface area (Å²) in [6, 6.07) is 12.9. The van der Waals surface area contributed by atoms with E-state index < -0.39 is 4.92 Å². The van der Waals surface area contributed by atoms with Crippen LogP contribution in [0.3, 0.4) is 0 Å². The van der Waals surface area contributed by atoms with E-state index in [-0.39, 0.29) is 11.5 Å². The van der Waals surface area contributed by atoms with E-state index in [0.717, 1.165) is 5.56 Å². The fourth-order valence-corrected chi connectivity index (χ4v) is 1.71. The normalized spacial score (nSPS) is 10.5. The minimum atomic E-state index is -0.468. The maximum atomic E-state index is 11.2. The van der Waals surface area contributed by atoms with Crippen LogP contribution in [0.5, 0.6) is 0 Å². The Kier molecular flexibility index (Phi) is 4.87. The monoisotopic (exact) mass is 295 g/mol. The summed E-state index contributed by atoms with van der Waals surface area (Å²) in [4.78, 5) is 21.3. The van der Waals surface area contributed by atoms with Crippen LogP contribution in [0.25, 0.3) is 0 Å². The number of ketones is 1. The highest BCUT2D eigenvalue weighted by molar-refractivity contribution is 5.90. The summed E-state index contributed by atoms with van der Waals surface area (Å²) >= 11 is 0. The average molecular weight is 295 g/mol. The number of azo groups is 1. The van der Waals surface area contributed by atoms with Gasteiger partial charge in [-0.15, -0.1) is 0 Å². The topological polar surface area (TPSA) is 84.9 Å². The van der Waals surface area contributed by atoms with E-state index in [1.165, 1.54) is 30.3 Å². The molecule has 6 nitrogen and oxygen atoms in total. The molecule has 2 aromatic rings. The number of nitro benzene ring substituents is 1. The van der Waals surface area contributed by atoms with Crippen molar-refractivity contribution in [1.29, 1.82) is 0 Å². The van der Waals surface area contributed by atoms with Crippen LogP contribution in [0.4, 0.5) is 17.1 Å². The van der Waals surface area contributed by atoms with Crippen LogP contribution in [0.15, 0.2) is 71.4 Å². The molecule has 22 heavy (non-hydrogen) atoms. The smallest absolute Gasteiger partial charge is 0.269 e. The molecule has 0 aliphatic heterocycles. The van der Waals surface area contributed by atoms with Crippen molar-refractivity contribution in [3.05, 3.63) is 76.9 Å². The Hall–Kier alpha value is -3.15. The standard InChI is InChI=1S/C16H13N3O3/c1-2-16(20)11-12-3-5-13(6-4-12)17-18-14-7-9-15(10-8-14)19(21)22/h2-10H,1,11H2. The number of rotatable bonds is 6. The van der Waals surface area contributed by atoms with E-state index in [1.54, 1.807) is 24.3 Å². The van der Waals surface area contributed by atoms with Gasteiger partial charge in [0.25, 0.3) is 5.69 Å². The first-order chi connectivity index (χ1) is 10.6. The second-order valence-electron chi connectivity index (χ2n) is 4.49. The van der Waals surface area contributed by atoms with Gasteiger partial charge in [0.1, 0.15) is 0 Å². The molecule has 0 N–H and O–H groups in total. The molecule has 0 saturated carbocycles.